The Balaban J connectivity index is 1.16. The van der Waals surface area contributed by atoms with Crippen molar-refractivity contribution in [1.29, 1.82) is 0 Å². The van der Waals surface area contributed by atoms with Crippen LogP contribution in [0.4, 0.5) is 0 Å². The number of rotatable bonds is 5. The molecule has 0 aromatic heterocycles. The van der Waals surface area contributed by atoms with Crippen LogP contribution in [0.25, 0.3) is 39.1 Å². The van der Waals surface area contributed by atoms with Gasteiger partial charge in [0.15, 0.2) is 6.17 Å². The normalized spacial score (nSPS) is 17.4. The van der Waals surface area contributed by atoms with Crippen molar-refractivity contribution in [3.63, 3.8) is 0 Å². The van der Waals surface area contributed by atoms with Crippen molar-refractivity contribution in [2.24, 2.45) is 9.98 Å². The molecule has 2 heterocycles. The van der Waals surface area contributed by atoms with Crippen molar-refractivity contribution in [2.75, 3.05) is 0 Å². The lowest BCUT2D eigenvalue weighted by molar-refractivity contribution is 0.264. The average molecular weight is 656 g/mol. The smallest absolute Gasteiger partial charge is 0.173 e. The van der Waals surface area contributed by atoms with Crippen LogP contribution in [0.1, 0.15) is 45.5 Å². The number of fused-ring (bicyclic) bond motifs is 6. The van der Waals surface area contributed by atoms with Gasteiger partial charge in [-0.3, -0.25) is 0 Å². The van der Waals surface area contributed by atoms with E-state index in [1.807, 2.05) is 36.4 Å². The minimum atomic E-state index is -0.497. The van der Waals surface area contributed by atoms with Gasteiger partial charge in [0, 0.05) is 22.3 Å². The molecule has 3 aliphatic rings. The Morgan fingerprint density at radius 2 is 1.14 bits per heavy atom. The van der Waals surface area contributed by atoms with E-state index >= 15 is 0 Å². The van der Waals surface area contributed by atoms with E-state index in [2.05, 4.69) is 145 Å². The molecule has 0 saturated heterocycles. The number of nitrogens with one attached hydrogen (secondary N) is 1. The van der Waals surface area contributed by atoms with Gasteiger partial charge in [-0.25, -0.2) is 9.98 Å². The molecule has 51 heavy (non-hydrogen) atoms. The maximum absolute atomic E-state index is 7.01. The summed E-state index contributed by atoms with van der Waals surface area (Å²) in [5, 5.41) is 6.01. The van der Waals surface area contributed by atoms with E-state index in [-0.39, 0.29) is 12.0 Å². The van der Waals surface area contributed by atoms with Crippen LogP contribution in [-0.2, 0) is 0 Å². The predicted molar refractivity (Wildman–Crippen MR) is 208 cm³/mol. The highest BCUT2D eigenvalue weighted by atomic mass is 16.5. The molecule has 0 radical (unpaired) electrons. The van der Waals surface area contributed by atoms with Crippen LogP contribution in [-0.4, -0.2) is 17.8 Å². The topological polar surface area (TPSA) is 46.0 Å². The molecule has 4 heteroatoms. The molecule has 2 aliphatic heterocycles. The first-order valence-electron chi connectivity index (χ1n) is 17.5. The fraction of sp³-hybridized carbons (Fsp3) is 0.0638. The fourth-order valence-corrected chi connectivity index (χ4v) is 7.82. The summed E-state index contributed by atoms with van der Waals surface area (Å²) in [4.78, 5) is 10.5. The summed E-state index contributed by atoms with van der Waals surface area (Å²) in [6.45, 7) is 0. The second kappa shape index (κ2) is 12.1. The van der Waals surface area contributed by atoms with E-state index in [0.717, 1.165) is 39.7 Å². The van der Waals surface area contributed by atoms with Crippen molar-refractivity contribution in [3.05, 3.63) is 203 Å². The minimum absolute atomic E-state index is 0.0392. The van der Waals surface area contributed by atoms with Gasteiger partial charge in [0.25, 0.3) is 0 Å². The van der Waals surface area contributed by atoms with E-state index in [9.17, 15) is 0 Å². The lowest BCUT2D eigenvalue weighted by Crippen LogP contribution is -2.36. The fourth-order valence-electron chi connectivity index (χ4n) is 7.82. The van der Waals surface area contributed by atoms with Gasteiger partial charge >= 0.3 is 0 Å². The van der Waals surface area contributed by atoms with E-state index < -0.39 is 6.17 Å². The lowest BCUT2D eigenvalue weighted by atomic mass is 9.78. The number of benzene rings is 7. The monoisotopic (exact) mass is 655 g/mol. The minimum Gasteiger partial charge on any atom is -0.485 e. The molecule has 2 unspecified atom stereocenters. The maximum Gasteiger partial charge on any atom is 0.173 e. The molecule has 7 aromatic carbocycles. The van der Waals surface area contributed by atoms with Gasteiger partial charge in [-0.2, -0.15) is 0 Å². The van der Waals surface area contributed by atoms with Crippen LogP contribution >= 0.6 is 0 Å². The highest BCUT2D eigenvalue weighted by Gasteiger charge is 2.41. The van der Waals surface area contributed by atoms with Gasteiger partial charge in [-0.1, -0.05) is 158 Å². The third kappa shape index (κ3) is 5.15. The number of amidine groups is 2. The molecule has 0 amide bonds. The molecule has 242 valence electrons. The Morgan fingerprint density at radius 1 is 0.490 bits per heavy atom. The van der Waals surface area contributed by atoms with Crippen LogP contribution < -0.4 is 10.1 Å². The first-order chi connectivity index (χ1) is 25.3. The van der Waals surface area contributed by atoms with Gasteiger partial charge in [0.1, 0.15) is 23.5 Å². The Labute approximate surface area is 297 Å². The maximum atomic E-state index is 7.01. The second-order valence-corrected chi connectivity index (χ2v) is 13.3. The summed E-state index contributed by atoms with van der Waals surface area (Å²) in [6.07, 6.45) is 3.79. The zero-order valence-corrected chi connectivity index (χ0v) is 27.8. The van der Waals surface area contributed by atoms with Crippen LogP contribution in [0.2, 0.25) is 0 Å². The molecule has 1 aliphatic carbocycles. The van der Waals surface area contributed by atoms with Crippen molar-refractivity contribution in [2.45, 2.75) is 18.2 Å². The van der Waals surface area contributed by atoms with Gasteiger partial charge in [0.05, 0.1) is 5.92 Å². The van der Waals surface area contributed by atoms with Gasteiger partial charge in [0.2, 0.25) is 0 Å². The first kappa shape index (κ1) is 29.4. The summed E-state index contributed by atoms with van der Waals surface area (Å²) >= 11 is 0. The molecule has 0 saturated carbocycles. The lowest BCUT2D eigenvalue weighted by Gasteiger charge is -2.24. The van der Waals surface area contributed by atoms with Crippen LogP contribution in [0.15, 0.2) is 180 Å². The van der Waals surface area contributed by atoms with E-state index in [1.165, 1.54) is 44.2 Å². The highest BCUT2D eigenvalue weighted by Crippen LogP contribution is 2.53. The zero-order valence-electron chi connectivity index (χ0n) is 27.8. The third-order valence-electron chi connectivity index (χ3n) is 10.3. The van der Waals surface area contributed by atoms with E-state index in [1.54, 1.807) is 0 Å². The molecule has 0 fully saturated rings. The Morgan fingerprint density at radius 3 is 1.92 bits per heavy atom. The average Bonchev–Trinajstić information content (AvgIpc) is 3.61. The summed E-state index contributed by atoms with van der Waals surface area (Å²) in [6, 6.07) is 57.8. The molecule has 0 spiro atoms. The SMILES string of the molecule is C1=CC2Oc3c(C4N=C(c5ccccc5)NC(c5ccccc5)=N4)ccc(-c4cccc(-c5ccc6ccccc6c5)c4)c3C2c2ccccc21. The number of nitrogens with zero attached hydrogens (tertiary/aromatic N) is 2. The zero-order chi connectivity index (χ0) is 33.7. The van der Waals surface area contributed by atoms with Crippen LogP contribution in [0.3, 0.4) is 0 Å². The molecule has 1 N–H and O–H groups in total. The summed E-state index contributed by atoms with van der Waals surface area (Å²) in [5.41, 5.74) is 11.4. The van der Waals surface area contributed by atoms with Gasteiger partial charge in [-0.15, -0.1) is 0 Å². The Kier molecular flexibility index (Phi) is 6.98. The number of hydrogen-bond acceptors (Lipinski definition) is 4. The van der Waals surface area contributed by atoms with Gasteiger partial charge in [-0.05, 0) is 62.4 Å². The van der Waals surface area contributed by atoms with Crippen LogP contribution in [0, 0.1) is 0 Å². The van der Waals surface area contributed by atoms with Crippen molar-refractivity contribution in [1.82, 2.24) is 5.32 Å². The van der Waals surface area contributed by atoms with Crippen molar-refractivity contribution >= 4 is 28.5 Å². The highest BCUT2D eigenvalue weighted by molar-refractivity contribution is 6.15. The third-order valence-corrected chi connectivity index (χ3v) is 10.3. The molecule has 4 nitrogen and oxygen atoms in total. The second-order valence-electron chi connectivity index (χ2n) is 13.3. The van der Waals surface area contributed by atoms with E-state index in [4.69, 9.17) is 14.7 Å². The first-order valence-corrected chi connectivity index (χ1v) is 17.5. The predicted octanol–water partition coefficient (Wildman–Crippen LogP) is 10.6. The molecular weight excluding hydrogens is 623 g/mol. The van der Waals surface area contributed by atoms with Gasteiger partial charge < -0.3 is 10.1 Å². The van der Waals surface area contributed by atoms with E-state index in [0.29, 0.717) is 0 Å². The van der Waals surface area contributed by atoms with Crippen LogP contribution in [0.5, 0.6) is 5.75 Å². The number of hydrogen-bond donors (Lipinski definition) is 1. The molecule has 0 bridgehead atoms. The van der Waals surface area contributed by atoms with Crippen molar-refractivity contribution < 1.29 is 4.74 Å². The molecule has 2 atom stereocenters. The molecule has 10 rings (SSSR count). The van der Waals surface area contributed by atoms with Crippen molar-refractivity contribution in [3.8, 4) is 28.0 Å². The Bertz CT molecular complexity index is 2500. The Hall–Kier alpha value is -6.52. The molecule has 7 aromatic rings. The quantitative estimate of drug-likeness (QED) is 0.201. The summed E-state index contributed by atoms with van der Waals surface area (Å²) in [7, 11) is 0. The standard InChI is InChI=1S/C47H33N3O/c1-3-14-32(15-4-1)45-48-46(33-16-5-2-6-17-33)50-47(49-45)40-26-25-39(43-42-38-21-10-9-13-31(38)24-27-41(42)51-44(40)43)37-20-11-19-35(29-37)36-23-22-30-12-7-8-18-34(30)28-36/h1-29,41-42,47H,(H,48,49,50). The number of ether oxygens (including phenoxy) is 1. The summed E-state index contributed by atoms with van der Waals surface area (Å²) in [5.74, 6) is 2.49. The summed E-state index contributed by atoms with van der Waals surface area (Å²) < 4.78 is 7.01. The number of aliphatic imine (C=N–C) groups is 2. The largest absolute Gasteiger partial charge is 0.485 e. The molecular formula is C47H33N3O.